The van der Waals surface area contributed by atoms with Gasteiger partial charge in [-0.3, -0.25) is 0 Å². The molecule has 16 heavy (non-hydrogen) atoms. The molecule has 3 nitrogen and oxygen atoms in total. The molecule has 1 saturated heterocycles. The van der Waals surface area contributed by atoms with Gasteiger partial charge in [0.2, 0.25) is 0 Å². The summed E-state index contributed by atoms with van der Waals surface area (Å²) in [6.07, 6.45) is 1.09. The van der Waals surface area contributed by atoms with Crippen molar-refractivity contribution in [3.05, 3.63) is 29.3 Å². The van der Waals surface area contributed by atoms with E-state index in [1.54, 1.807) is 0 Å². The van der Waals surface area contributed by atoms with E-state index < -0.39 is 0 Å². The Hall–Kier alpha value is -1.06. The lowest BCUT2D eigenvalue weighted by atomic mass is 9.85. The summed E-state index contributed by atoms with van der Waals surface area (Å²) in [6, 6.07) is 6.80. The standard InChI is InChI=1S/C13H21N3/c1-8-3-4-10(14)6-11(8)13-5-9(2)12(15)7-16-13/h3-4,6,9,12-13,16H,5,7,14-15H2,1-2H3. The van der Waals surface area contributed by atoms with E-state index in [9.17, 15) is 0 Å². The van der Waals surface area contributed by atoms with Crippen molar-refractivity contribution in [3.63, 3.8) is 0 Å². The monoisotopic (exact) mass is 219 g/mol. The molecule has 1 aliphatic rings. The van der Waals surface area contributed by atoms with Gasteiger partial charge in [-0.2, -0.15) is 0 Å². The molecule has 0 saturated carbocycles. The first-order chi connectivity index (χ1) is 7.58. The molecule has 88 valence electrons. The van der Waals surface area contributed by atoms with Crippen molar-refractivity contribution in [2.24, 2.45) is 11.7 Å². The second-order valence-corrected chi connectivity index (χ2v) is 4.95. The number of hydrogen-bond acceptors (Lipinski definition) is 3. The number of piperidine rings is 1. The molecule has 0 aliphatic carbocycles. The highest BCUT2D eigenvalue weighted by Crippen LogP contribution is 2.29. The topological polar surface area (TPSA) is 64.1 Å². The van der Waals surface area contributed by atoms with Gasteiger partial charge in [0.1, 0.15) is 0 Å². The lowest BCUT2D eigenvalue weighted by Gasteiger charge is -2.34. The van der Waals surface area contributed by atoms with E-state index in [0.717, 1.165) is 18.7 Å². The first-order valence-corrected chi connectivity index (χ1v) is 5.93. The predicted octanol–water partition coefficient (Wildman–Crippen LogP) is 1.58. The van der Waals surface area contributed by atoms with E-state index in [4.69, 9.17) is 11.5 Å². The van der Waals surface area contributed by atoms with Crippen LogP contribution in [0.15, 0.2) is 18.2 Å². The van der Waals surface area contributed by atoms with Gasteiger partial charge in [-0.15, -0.1) is 0 Å². The molecule has 0 aromatic heterocycles. The molecule has 3 unspecified atom stereocenters. The van der Waals surface area contributed by atoms with Crippen LogP contribution in [0.25, 0.3) is 0 Å². The number of rotatable bonds is 1. The lowest BCUT2D eigenvalue weighted by Crippen LogP contribution is -2.46. The van der Waals surface area contributed by atoms with Crippen molar-refractivity contribution >= 4 is 5.69 Å². The van der Waals surface area contributed by atoms with Gasteiger partial charge in [0.25, 0.3) is 0 Å². The van der Waals surface area contributed by atoms with Gasteiger partial charge in [-0.05, 0) is 42.5 Å². The zero-order chi connectivity index (χ0) is 11.7. The minimum atomic E-state index is 0.276. The van der Waals surface area contributed by atoms with Crippen molar-refractivity contribution in [2.45, 2.75) is 32.4 Å². The zero-order valence-corrected chi connectivity index (χ0v) is 10.0. The third-order valence-corrected chi connectivity index (χ3v) is 3.62. The van der Waals surface area contributed by atoms with Crippen LogP contribution in [0.3, 0.4) is 0 Å². The Kier molecular flexibility index (Phi) is 3.17. The van der Waals surface area contributed by atoms with Crippen LogP contribution in [-0.4, -0.2) is 12.6 Å². The van der Waals surface area contributed by atoms with Crippen LogP contribution in [0, 0.1) is 12.8 Å². The normalized spacial score (nSPS) is 30.3. The first-order valence-electron chi connectivity index (χ1n) is 5.93. The summed E-state index contributed by atoms with van der Waals surface area (Å²) >= 11 is 0. The number of hydrogen-bond donors (Lipinski definition) is 3. The second kappa shape index (κ2) is 4.44. The minimum absolute atomic E-state index is 0.276. The SMILES string of the molecule is Cc1ccc(N)cc1C1CC(C)C(N)CN1. The van der Waals surface area contributed by atoms with Crippen molar-refractivity contribution in [1.29, 1.82) is 0 Å². The fourth-order valence-corrected chi connectivity index (χ4v) is 2.38. The average Bonchev–Trinajstić information content (AvgIpc) is 2.26. The highest BCUT2D eigenvalue weighted by molar-refractivity contribution is 5.45. The van der Waals surface area contributed by atoms with Crippen LogP contribution < -0.4 is 16.8 Å². The summed E-state index contributed by atoms with van der Waals surface area (Å²) in [5.74, 6) is 0.562. The van der Waals surface area contributed by atoms with Crippen molar-refractivity contribution in [3.8, 4) is 0 Å². The molecule has 0 bridgehead atoms. The maximum absolute atomic E-state index is 6.00. The van der Waals surface area contributed by atoms with Crippen LogP contribution in [0.4, 0.5) is 5.69 Å². The Labute approximate surface area is 97.2 Å². The molecule has 1 aliphatic heterocycles. The predicted molar refractivity (Wildman–Crippen MR) is 68.1 cm³/mol. The summed E-state index contributed by atoms with van der Waals surface area (Å²) in [5.41, 5.74) is 15.3. The molecule has 3 heteroatoms. The molecular weight excluding hydrogens is 198 g/mol. The van der Waals surface area contributed by atoms with E-state index in [-0.39, 0.29) is 6.04 Å². The van der Waals surface area contributed by atoms with Crippen LogP contribution in [0.1, 0.15) is 30.5 Å². The van der Waals surface area contributed by atoms with Gasteiger partial charge in [-0.25, -0.2) is 0 Å². The molecule has 5 N–H and O–H groups in total. The number of anilines is 1. The number of benzene rings is 1. The minimum Gasteiger partial charge on any atom is -0.399 e. The molecule has 1 aromatic rings. The fourth-order valence-electron chi connectivity index (χ4n) is 2.38. The van der Waals surface area contributed by atoms with Crippen LogP contribution in [-0.2, 0) is 0 Å². The van der Waals surface area contributed by atoms with Crippen LogP contribution in [0.2, 0.25) is 0 Å². The number of aryl methyl sites for hydroxylation is 1. The molecule has 2 rings (SSSR count). The van der Waals surface area contributed by atoms with Crippen LogP contribution in [0.5, 0.6) is 0 Å². The smallest absolute Gasteiger partial charge is 0.0327 e. The Morgan fingerprint density at radius 2 is 2.12 bits per heavy atom. The van der Waals surface area contributed by atoms with Crippen LogP contribution >= 0.6 is 0 Å². The largest absolute Gasteiger partial charge is 0.399 e. The fraction of sp³-hybridized carbons (Fsp3) is 0.538. The second-order valence-electron chi connectivity index (χ2n) is 4.95. The maximum Gasteiger partial charge on any atom is 0.0327 e. The Morgan fingerprint density at radius 3 is 2.81 bits per heavy atom. The molecular formula is C13H21N3. The van der Waals surface area contributed by atoms with Crippen molar-refractivity contribution < 1.29 is 0 Å². The third kappa shape index (κ3) is 2.20. The van der Waals surface area contributed by atoms with E-state index in [1.807, 2.05) is 6.07 Å². The van der Waals surface area contributed by atoms with Gasteiger partial charge in [0.15, 0.2) is 0 Å². The van der Waals surface area contributed by atoms with E-state index >= 15 is 0 Å². The molecule has 3 atom stereocenters. The van der Waals surface area contributed by atoms with Gasteiger partial charge in [-0.1, -0.05) is 13.0 Å². The molecule has 1 fully saturated rings. The van der Waals surface area contributed by atoms with Crippen molar-refractivity contribution in [1.82, 2.24) is 5.32 Å². The van der Waals surface area contributed by atoms with Gasteiger partial charge in [0, 0.05) is 24.3 Å². The molecule has 1 aromatic carbocycles. The zero-order valence-electron chi connectivity index (χ0n) is 10.0. The lowest BCUT2D eigenvalue weighted by molar-refractivity contribution is 0.285. The first kappa shape index (κ1) is 11.4. The summed E-state index contributed by atoms with van der Waals surface area (Å²) in [6.45, 7) is 5.25. The number of nitrogens with two attached hydrogens (primary N) is 2. The van der Waals surface area contributed by atoms with Gasteiger partial charge < -0.3 is 16.8 Å². The Balaban J connectivity index is 2.21. The van der Waals surface area contributed by atoms with E-state index in [0.29, 0.717) is 12.0 Å². The summed E-state index contributed by atoms with van der Waals surface area (Å²) < 4.78 is 0. The van der Waals surface area contributed by atoms with E-state index in [1.165, 1.54) is 11.1 Å². The average molecular weight is 219 g/mol. The molecule has 1 heterocycles. The third-order valence-electron chi connectivity index (χ3n) is 3.62. The van der Waals surface area contributed by atoms with Gasteiger partial charge in [0.05, 0.1) is 0 Å². The maximum atomic E-state index is 6.00. The highest BCUT2D eigenvalue weighted by Gasteiger charge is 2.26. The van der Waals surface area contributed by atoms with Crippen molar-refractivity contribution in [2.75, 3.05) is 12.3 Å². The molecule has 0 amide bonds. The molecule has 0 radical (unpaired) electrons. The Bertz CT molecular complexity index is 375. The quantitative estimate of drug-likeness (QED) is 0.628. The summed E-state index contributed by atoms with van der Waals surface area (Å²) in [5, 5.41) is 3.50. The number of nitrogen functional groups attached to an aromatic ring is 1. The van der Waals surface area contributed by atoms with E-state index in [2.05, 4.69) is 31.3 Å². The Morgan fingerprint density at radius 1 is 1.38 bits per heavy atom. The number of nitrogens with one attached hydrogen (secondary N) is 1. The van der Waals surface area contributed by atoms with Gasteiger partial charge >= 0.3 is 0 Å². The summed E-state index contributed by atoms with van der Waals surface area (Å²) in [7, 11) is 0. The highest BCUT2D eigenvalue weighted by atomic mass is 15.0. The molecule has 0 spiro atoms. The summed E-state index contributed by atoms with van der Waals surface area (Å²) in [4.78, 5) is 0.